The lowest BCUT2D eigenvalue weighted by Gasteiger charge is -2.34. The highest BCUT2D eigenvalue weighted by Crippen LogP contribution is 2.28. The lowest BCUT2D eigenvalue weighted by atomic mass is 10.2. The number of hydrogen-bond donors (Lipinski definition) is 0. The molecule has 0 aliphatic carbocycles. The first-order chi connectivity index (χ1) is 27.4. The maximum Gasteiger partial charge on any atom is 0.368 e. The van der Waals surface area contributed by atoms with Crippen molar-refractivity contribution in [2.24, 2.45) is 0 Å². The number of para-hydroxylation sites is 2. The Morgan fingerprint density at radius 1 is 0.474 bits per heavy atom. The molecule has 6 aromatic rings. The molecule has 21 heteroatoms. The number of piperazine rings is 2. The van der Waals surface area contributed by atoms with Gasteiger partial charge in [-0.1, -0.05) is 36.4 Å². The molecule has 8 rings (SSSR count). The summed E-state index contributed by atoms with van der Waals surface area (Å²) in [4.78, 5) is 3.71. The van der Waals surface area contributed by atoms with Crippen LogP contribution in [0.15, 0.2) is 138 Å². The minimum atomic E-state index is -4.37. The van der Waals surface area contributed by atoms with E-state index >= 15 is 0 Å². The third-order valence-electron chi connectivity index (χ3n) is 9.82. The van der Waals surface area contributed by atoms with E-state index < -0.39 is 51.8 Å². The Kier molecular flexibility index (Phi) is 9.94. The number of sulfonamides is 2. The molecule has 18 nitrogen and oxygen atoms in total. The van der Waals surface area contributed by atoms with E-state index in [4.69, 9.17) is 9.05 Å². The highest BCUT2D eigenvalue weighted by Gasteiger charge is 2.41. The highest BCUT2D eigenvalue weighted by molar-refractivity contribution is 7.91. The molecule has 0 radical (unpaired) electrons. The van der Waals surface area contributed by atoms with E-state index in [2.05, 4.69) is 10.5 Å². The van der Waals surface area contributed by atoms with E-state index in [9.17, 15) is 35.5 Å². The molecular weight excluding hydrogens is 801 g/mol. The SMILES string of the molecule is O=S(=O)(c1ccc(-[n+]2noc([O-])c2S(=O)(=O)N2CCN(c3ccccc3)CC2)cc1)c1ccc(-[n+]2noc([O-])c2S(=O)(=O)N2CCN(c3ccccc3)CC2)cc1. The molecule has 0 amide bonds. The van der Waals surface area contributed by atoms with Crippen molar-refractivity contribution >= 4 is 41.3 Å². The minimum absolute atomic E-state index is 0.0581. The van der Waals surface area contributed by atoms with Gasteiger partial charge < -0.3 is 29.1 Å². The number of aromatic nitrogens is 4. The van der Waals surface area contributed by atoms with Crippen molar-refractivity contribution < 1.29 is 53.9 Å². The van der Waals surface area contributed by atoms with Crippen molar-refractivity contribution in [3.63, 3.8) is 0 Å². The topological polar surface area (TPSA) is 221 Å². The van der Waals surface area contributed by atoms with Crippen LogP contribution in [-0.2, 0) is 29.9 Å². The van der Waals surface area contributed by atoms with Crippen LogP contribution in [-0.4, -0.2) is 96.8 Å². The van der Waals surface area contributed by atoms with Gasteiger partial charge in [0.2, 0.25) is 21.2 Å². The Labute approximate surface area is 327 Å². The molecule has 2 aliphatic heterocycles. The first-order valence-corrected chi connectivity index (χ1v) is 22.0. The van der Waals surface area contributed by atoms with Crippen LogP contribution in [0.5, 0.6) is 11.9 Å². The van der Waals surface area contributed by atoms with Crippen molar-refractivity contribution in [2.45, 2.75) is 19.8 Å². The average molecular weight is 835 g/mol. The number of sulfone groups is 1. The number of rotatable bonds is 10. The zero-order chi connectivity index (χ0) is 40.0. The number of hydrogen-bond acceptors (Lipinski definition) is 14. The van der Waals surface area contributed by atoms with Crippen LogP contribution in [0.1, 0.15) is 0 Å². The lowest BCUT2D eigenvalue weighted by molar-refractivity contribution is -0.706. The fraction of sp³-hybridized carbons (Fsp3) is 0.222. The molecule has 0 unspecified atom stereocenters. The van der Waals surface area contributed by atoms with Crippen molar-refractivity contribution in [1.29, 1.82) is 0 Å². The van der Waals surface area contributed by atoms with Gasteiger partial charge in [0.1, 0.15) is 0 Å². The Morgan fingerprint density at radius 3 is 1.14 bits per heavy atom. The van der Waals surface area contributed by atoms with E-state index in [1.807, 2.05) is 70.5 Å². The fourth-order valence-corrected chi connectivity index (χ4v) is 11.1. The predicted octanol–water partition coefficient (Wildman–Crippen LogP) is 0.218. The van der Waals surface area contributed by atoms with Gasteiger partial charge in [-0.25, -0.2) is 25.3 Å². The largest absolute Gasteiger partial charge is 0.538 e. The van der Waals surface area contributed by atoms with Gasteiger partial charge in [-0.2, -0.15) is 8.61 Å². The van der Waals surface area contributed by atoms with E-state index in [1.54, 1.807) is 0 Å². The summed E-state index contributed by atoms with van der Waals surface area (Å²) in [6, 6.07) is 29.1. The molecule has 4 aromatic carbocycles. The summed E-state index contributed by atoms with van der Waals surface area (Å²) in [5, 5.41) is 31.3. The Morgan fingerprint density at radius 2 is 0.807 bits per heavy atom. The first kappa shape index (κ1) is 38.0. The van der Waals surface area contributed by atoms with Gasteiger partial charge in [-0.05, 0) is 57.9 Å². The zero-order valence-electron chi connectivity index (χ0n) is 29.9. The third-order valence-corrected chi connectivity index (χ3v) is 15.3. The number of anilines is 2. The Balaban J connectivity index is 0.981. The highest BCUT2D eigenvalue weighted by atomic mass is 32.2. The Hall–Kier alpha value is -5.87. The molecular formula is C36H34N8O10S3. The molecule has 0 spiro atoms. The zero-order valence-corrected chi connectivity index (χ0v) is 32.4. The van der Waals surface area contributed by atoms with Crippen molar-refractivity contribution in [3.8, 4) is 23.3 Å². The molecule has 0 N–H and O–H groups in total. The molecule has 2 fully saturated rings. The summed E-state index contributed by atoms with van der Waals surface area (Å²) in [7, 11) is -12.9. The van der Waals surface area contributed by atoms with Gasteiger partial charge in [0.25, 0.3) is 0 Å². The smallest absolute Gasteiger partial charge is 0.368 e. The van der Waals surface area contributed by atoms with Crippen LogP contribution in [0.4, 0.5) is 11.4 Å². The van der Waals surface area contributed by atoms with Crippen LogP contribution >= 0.6 is 0 Å². The standard InChI is InChI=1S/C36H34N8O10S3/c45-35-33(56(49,50)41-23-19-39(20-24-41)27-7-3-1-4-8-27)43(37-53-35)29-11-15-31(16-12-29)55(47,48)32-17-13-30(14-18-32)44-34(36(46)54-38-44)57(51,52)42-25-21-40(22-26-42)28-9-5-2-6-10-28/h1-18H,19-26H2. The monoisotopic (exact) mass is 834 g/mol. The van der Waals surface area contributed by atoms with Crippen LogP contribution in [0.25, 0.3) is 11.4 Å². The first-order valence-electron chi connectivity index (χ1n) is 17.6. The number of nitrogens with zero attached hydrogens (tertiary/aromatic N) is 8. The summed E-state index contributed by atoms with van der Waals surface area (Å²) < 4.78 is 95.6. The van der Waals surface area contributed by atoms with Gasteiger partial charge in [0, 0.05) is 88.0 Å². The molecule has 2 saturated heterocycles. The molecule has 0 bridgehead atoms. The van der Waals surface area contributed by atoms with Gasteiger partial charge >= 0.3 is 30.1 Å². The van der Waals surface area contributed by atoms with E-state index in [0.717, 1.165) is 20.7 Å². The second kappa shape index (κ2) is 14.9. The molecule has 4 heterocycles. The molecule has 0 saturated carbocycles. The summed E-state index contributed by atoms with van der Waals surface area (Å²) in [5.41, 5.74) is 2.01. The minimum Gasteiger partial charge on any atom is -0.538 e. The quantitative estimate of drug-likeness (QED) is 0.169. The fourth-order valence-electron chi connectivity index (χ4n) is 6.80. The summed E-state index contributed by atoms with van der Waals surface area (Å²) in [6.45, 7) is 1.98. The maximum atomic E-state index is 13.7. The maximum absolute atomic E-state index is 13.7. The van der Waals surface area contributed by atoms with Crippen LogP contribution < -0.4 is 29.4 Å². The Bertz CT molecular complexity index is 2530. The lowest BCUT2D eigenvalue weighted by Crippen LogP contribution is -2.51. The second-order valence-electron chi connectivity index (χ2n) is 13.1. The van der Waals surface area contributed by atoms with E-state index in [-0.39, 0.29) is 47.3 Å². The van der Waals surface area contributed by atoms with Crippen LogP contribution in [0.2, 0.25) is 0 Å². The molecule has 2 aromatic heterocycles. The van der Waals surface area contributed by atoms with E-state index in [0.29, 0.717) is 26.2 Å². The van der Waals surface area contributed by atoms with Crippen molar-refractivity contribution in [2.75, 3.05) is 62.2 Å². The summed E-state index contributed by atoms with van der Waals surface area (Å²) in [6.07, 6.45) is 0. The van der Waals surface area contributed by atoms with Gasteiger partial charge in [-0.15, -0.1) is 0 Å². The normalized spacial score (nSPS) is 16.2. The van der Waals surface area contributed by atoms with Crippen LogP contribution in [0, 0.1) is 0 Å². The molecule has 0 atom stereocenters. The molecule has 296 valence electrons. The van der Waals surface area contributed by atoms with Gasteiger partial charge in [-0.3, -0.25) is 0 Å². The second-order valence-corrected chi connectivity index (χ2v) is 18.8. The third kappa shape index (κ3) is 7.07. The van der Waals surface area contributed by atoms with Crippen molar-refractivity contribution in [1.82, 2.24) is 19.2 Å². The van der Waals surface area contributed by atoms with Crippen LogP contribution in [0.3, 0.4) is 0 Å². The summed E-state index contributed by atoms with van der Waals surface area (Å²) >= 11 is 0. The molecule has 57 heavy (non-hydrogen) atoms. The predicted molar refractivity (Wildman–Crippen MR) is 195 cm³/mol. The summed E-state index contributed by atoms with van der Waals surface area (Å²) in [5.74, 6) is -2.35. The van der Waals surface area contributed by atoms with Crippen molar-refractivity contribution in [3.05, 3.63) is 109 Å². The number of benzene rings is 4. The molecule has 2 aliphatic rings. The van der Waals surface area contributed by atoms with Gasteiger partial charge in [0.05, 0.1) is 20.3 Å². The average Bonchev–Trinajstić information content (AvgIpc) is 3.84. The van der Waals surface area contributed by atoms with Gasteiger partial charge in [0.15, 0.2) is 11.9 Å². The van der Waals surface area contributed by atoms with E-state index in [1.165, 1.54) is 57.1 Å².